The van der Waals surface area contributed by atoms with Gasteiger partial charge in [-0.05, 0) is 67.3 Å². The summed E-state index contributed by atoms with van der Waals surface area (Å²) in [6.07, 6.45) is 1.78. The van der Waals surface area contributed by atoms with Gasteiger partial charge in [0, 0.05) is 17.7 Å². The van der Waals surface area contributed by atoms with Gasteiger partial charge in [0.2, 0.25) is 0 Å². The number of hydrogen-bond acceptors (Lipinski definition) is 4. The fourth-order valence-corrected chi connectivity index (χ4v) is 3.46. The molecule has 0 saturated heterocycles. The molecule has 2 rings (SSSR count). The van der Waals surface area contributed by atoms with Crippen molar-refractivity contribution in [1.82, 2.24) is 0 Å². The van der Waals surface area contributed by atoms with Gasteiger partial charge >= 0.3 is 5.97 Å². The van der Waals surface area contributed by atoms with E-state index < -0.39 is 12.6 Å². The Morgan fingerprint density at radius 1 is 1.03 bits per heavy atom. The minimum absolute atomic E-state index is 0.0632. The summed E-state index contributed by atoms with van der Waals surface area (Å²) in [5.74, 6) is 0.0570. The Hall–Kier alpha value is -2.66. The molecule has 5 nitrogen and oxygen atoms in total. The van der Waals surface area contributed by atoms with Crippen LogP contribution in [0.3, 0.4) is 0 Å². The molecule has 0 aliphatic heterocycles. The Kier molecular flexibility index (Phi) is 7.97. The van der Waals surface area contributed by atoms with E-state index in [2.05, 4.69) is 13.8 Å². The molecule has 0 heterocycles. The molecule has 0 radical (unpaired) electrons. The maximum absolute atomic E-state index is 13.0. The third-order valence-electron chi connectivity index (χ3n) is 5.29. The second-order valence-corrected chi connectivity index (χ2v) is 7.87. The molecular weight excluding hydrogens is 368 g/mol. The summed E-state index contributed by atoms with van der Waals surface area (Å²) in [7, 11) is 0. The summed E-state index contributed by atoms with van der Waals surface area (Å²) < 4.78 is 5.23. The highest BCUT2D eigenvalue weighted by Gasteiger charge is 2.17. The Balaban J connectivity index is 2.13. The normalized spacial score (nSPS) is 12.1. The van der Waals surface area contributed by atoms with Crippen LogP contribution in [0.15, 0.2) is 36.4 Å². The summed E-state index contributed by atoms with van der Waals surface area (Å²) >= 11 is 0. The Morgan fingerprint density at radius 2 is 1.62 bits per heavy atom. The number of benzene rings is 2. The van der Waals surface area contributed by atoms with Crippen molar-refractivity contribution in [2.75, 3.05) is 13.2 Å². The zero-order valence-corrected chi connectivity index (χ0v) is 17.6. The molecule has 1 atom stereocenters. The van der Waals surface area contributed by atoms with Gasteiger partial charge in [0.1, 0.15) is 5.75 Å². The first-order valence-electron chi connectivity index (χ1n) is 9.93. The van der Waals surface area contributed by atoms with Crippen molar-refractivity contribution in [2.24, 2.45) is 11.8 Å². The van der Waals surface area contributed by atoms with Gasteiger partial charge in [-0.25, -0.2) is 4.79 Å². The average molecular weight is 398 g/mol. The van der Waals surface area contributed by atoms with Crippen LogP contribution in [-0.2, 0) is 11.2 Å². The van der Waals surface area contributed by atoms with Gasteiger partial charge in [-0.2, -0.15) is 0 Å². The molecule has 2 aromatic rings. The van der Waals surface area contributed by atoms with E-state index in [9.17, 15) is 14.7 Å². The highest BCUT2D eigenvalue weighted by molar-refractivity contribution is 6.10. The highest BCUT2D eigenvalue weighted by Crippen LogP contribution is 2.25. The van der Waals surface area contributed by atoms with E-state index in [1.807, 2.05) is 38.1 Å². The second kappa shape index (κ2) is 10.2. The lowest BCUT2D eigenvalue weighted by atomic mass is 9.89. The van der Waals surface area contributed by atoms with E-state index in [-0.39, 0.29) is 18.3 Å². The van der Waals surface area contributed by atoms with E-state index in [4.69, 9.17) is 9.84 Å². The molecule has 0 aliphatic carbocycles. The number of ether oxygens (including phenoxy) is 1. The van der Waals surface area contributed by atoms with Crippen LogP contribution in [0.25, 0.3) is 0 Å². The standard InChI is InChI=1S/C24H30O5/c1-15(2)20(13-25)10-7-18-5-8-19(9-6-18)24(28)23-16(3)11-21(12-17(23)4)29-14-22(26)27/h5-6,8-9,11-12,15,20,25H,7,10,13-14H2,1-4H3,(H,26,27). The van der Waals surface area contributed by atoms with Crippen molar-refractivity contribution >= 4 is 11.8 Å². The number of aliphatic hydroxyl groups is 1. The van der Waals surface area contributed by atoms with Gasteiger partial charge in [0.15, 0.2) is 12.4 Å². The number of rotatable bonds is 10. The van der Waals surface area contributed by atoms with E-state index >= 15 is 0 Å². The van der Waals surface area contributed by atoms with Gasteiger partial charge in [0.25, 0.3) is 0 Å². The van der Waals surface area contributed by atoms with Crippen LogP contribution in [0.2, 0.25) is 0 Å². The molecular formula is C24H30O5. The lowest BCUT2D eigenvalue weighted by Gasteiger charge is -2.18. The number of carboxylic acids is 1. The molecule has 0 fully saturated rings. The third kappa shape index (κ3) is 6.16. The van der Waals surface area contributed by atoms with Crippen LogP contribution >= 0.6 is 0 Å². The molecule has 2 N–H and O–H groups in total. The van der Waals surface area contributed by atoms with Crippen molar-refractivity contribution in [3.05, 3.63) is 64.2 Å². The molecule has 0 spiro atoms. The van der Waals surface area contributed by atoms with E-state index in [0.717, 1.165) is 29.5 Å². The molecule has 5 heteroatoms. The van der Waals surface area contributed by atoms with Gasteiger partial charge in [-0.15, -0.1) is 0 Å². The molecule has 0 aromatic heterocycles. The second-order valence-electron chi connectivity index (χ2n) is 7.87. The van der Waals surface area contributed by atoms with Crippen LogP contribution in [0.1, 0.15) is 52.9 Å². The number of aryl methyl sites for hydroxylation is 3. The first kappa shape index (κ1) is 22.6. The average Bonchev–Trinajstić information content (AvgIpc) is 2.66. The smallest absolute Gasteiger partial charge is 0.341 e. The van der Waals surface area contributed by atoms with Crippen molar-refractivity contribution in [3.63, 3.8) is 0 Å². The van der Waals surface area contributed by atoms with Crippen molar-refractivity contribution in [2.45, 2.75) is 40.5 Å². The summed E-state index contributed by atoms with van der Waals surface area (Å²) in [5, 5.41) is 18.2. The first-order chi connectivity index (χ1) is 13.7. The lowest BCUT2D eigenvalue weighted by molar-refractivity contribution is -0.139. The van der Waals surface area contributed by atoms with Crippen molar-refractivity contribution in [3.8, 4) is 5.75 Å². The van der Waals surface area contributed by atoms with Crippen LogP contribution < -0.4 is 4.74 Å². The molecule has 2 aromatic carbocycles. The Bertz CT molecular complexity index is 829. The van der Waals surface area contributed by atoms with Crippen LogP contribution in [0, 0.1) is 25.7 Å². The molecule has 29 heavy (non-hydrogen) atoms. The number of aliphatic hydroxyl groups excluding tert-OH is 1. The quantitative estimate of drug-likeness (QED) is 0.586. The minimum Gasteiger partial charge on any atom is -0.482 e. The van der Waals surface area contributed by atoms with Crippen LogP contribution in [-0.4, -0.2) is 35.2 Å². The van der Waals surface area contributed by atoms with Gasteiger partial charge in [0.05, 0.1) is 0 Å². The van der Waals surface area contributed by atoms with Crippen LogP contribution in [0.4, 0.5) is 0 Å². The lowest BCUT2D eigenvalue weighted by Crippen LogP contribution is -2.14. The van der Waals surface area contributed by atoms with Gasteiger partial charge in [-0.3, -0.25) is 4.79 Å². The molecule has 156 valence electrons. The Labute approximate surface area is 172 Å². The van der Waals surface area contributed by atoms with Crippen molar-refractivity contribution in [1.29, 1.82) is 0 Å². The van der Waals surface area contributed by atoms with Crippen molar-refractivity contribution < 1.29 is 24.5 Å². The molecule has 0 aliphatic rings. The fraction of sp³-hybridized carbons (Fsp3) is 0.417. The van der Waals surface area contributed by atoms with E-state index in [0.29, 0.717) is 22.8 Å². The number of hydrogen-bond donors (Lipinski definition) is 2. The SMILES string of the molecule is Cc1cc(OCC(=O)O)cc(C)c1C(=O)c1ccc(CCC(CO)C(C)C)cc1. The van der Waals surface area contributed by atoms with Crippen LogP contribution in [0.5, 0.6) is 5.75 Å². The number of ketones is 1. The number of carbonyl (C=O) groups excluding carboxylic acids is 1. The number of aliphatic carboxylic acids is 1. The Morgan fingerprint density at radius 3 is 2.10 bits per heavy atom. The molecule has 0 amide bonds. The highest BCUT2D eigenvalue weighted by atomic mass is 16.5. The summed E-state index contributed by atoms with van der Waals surface area (Å²) in [6.45, 7) is 7.66. The zero-order valence-electron chi connectivity index (χ0n) is 17.6. The minimum atomic E-state index is -1.04. The molecule has 1 unspecified atom stereocenters. The summed E-state index contributed by atoms with van der Waals surface area (Å²) in [5.41, 5.74) is 3.87. The predicted molar refractivity (Wildman–Crippen MR) is 113 cm³/mol. The maximum Gasteiger partial charge on any atom is 0.341 e. The fourth-order valence-electron chi connectivity index (χ4n) is 3.46. The largest absolute Gasteiger partial charge is 0.482 e. The molecule has 0 saturated carbocycles. The summed E-state index contributed by atoms with van der Waals surface area (Å²) in [6, 6.07) is 11.0. The monoisotopic (exact) mass is 398 g/mol. The maximum atomic E-state index is 13.0. The van der Waals surface area contributed by atoms with Gasteiger partial charge in [-0.1, -0.05) is 38.1 Å². The van der Waals surface area contributed by atoms with E-state index in [1.54, 1.807) is 12.1 Å². The topological polar surface area (TPSA) is 83.8 Å². The van der Waals surface area contributed by atoms with Gasteiger partial charge < -0.3 is 14.9 Å². The predicted octanol–water partition coefficient (Wildman–Crippen LogP) is 4.19. The van der Waals surface area contributed by atoms with E-state index in [1.165, 1.54) is 0 Å². The zero-order chi connectivity index (χ0) is 21.6. The number of carboxylic acid groups (broad SMARTS) is 1. The first-order valence-corrected chi connectivity index (χ1v) is 9.93. The molecule has 0 bridgehead atoms. The number of carbonyl (C=O) groups is 2. The summed E-state index contributed by atoms with van der Waals surface area (Å²) in [4.78, 5) is 23.7. The third-order valence-corrected chi connectivity index (χ3v) is 5.29.